The minimum Gasteiger partial charge on any atom is -0.264 e. The van der Waals surface area contributed by atoms with Crippen LogP contribution in [0.2, 0.25) is 0 Å². The van der Waals surface area contributed by atoms with Crippen molar-refractivity contribution in [1.29, 1.82) is 5.26 Å². The van der Waals surface area contributed by atoms with Crippen molar-refractivity contribution >= 4 is 22.5 Å². The van der Waals surface area contributed by atoms with Gasteiger partial charge < -0.3 is 0 Å². The standard InChI is InChI=1S/C19H17N3S/c1-19(2,3)23-17-8-9-21-12-16(17)18-15-7-5-4-6-14(15)13(10-20)11-22-18/h4-9,11-12H,1-3H3. The number of rotatable bonds is 2. The summed E-state index contributed by atoms with van der Waals surface area (Å²) in [7, 11) is 0. The molecule has 2 heterocycles. The number of nitriles is 1. The van der Waals surface area contributed by atoms with Gasteiger partial charge in [-0.2, -0.15) is 5.26 Å². The number of fused-ring (bicyclic) bond motifs is 1. The fourth-order valence-electron chi connectivity index (χ4n) is 2.47. The minimum atomic E-state index is 0.0957. The van der Waals surface area contributed by atoms with Crippen molar-refractivity contribution in [3.8, 4) is 17.3 Å². The lowest BCUT2D eigenvalue weighted by molar-refractivity contribution is 0.803. The highest BCUT2D eigenvalue weighted by molar-refractivity contribution is 8.00. The van der Waals surface area contributed by atoms with Crippen LogP contribution in [-0.2, 0) is 0 Å². The molecule has 0 spiro atoms. The second-order valence-electron chi connectivity index (χ2n) is 6.26. The zero-order chi connectivity index (χ0) is 16.4. The molecule has 0 radical (unpaired) electrons. The maximum atomic E-state index is 9.30. The lowest BCUT2D eigenvalue weighted by atomic mass is 10.0. The maximum Gasteiger partial charge on any atom is 0.101 e. The van der Waals surface area contributed by atoms with E-state index in [-0.39, 0.29) is 4.75 Å². The van der Waals surface area contributed by atoms with Gasteiger partial charge in [-0.1, -0.05) is 45.0 Å². The third-order valence-electron chi connectivity index (χ3n) is 3.37. The summed E-state index contributed by atoms with van der Waals surface area (Å²) in [6, 6.07) is 12.1. The Morgan fingerprint density at radius 1 is 1.04 bits per heavy atom. The lowest BCUT2D eigenvalue weighted by Gasteiger charge is -2.20. The highest BCUT2D eigenvalue weighted by Gasteiger charge is 2.18. The number of aromatic nitrogens is 2. The van der Waals surface area contributed by atoms with E-state index in [2.05, 4.69) is 36.8 Å². The summed E-state index contributed by atoms with van der Waals surface area (Å²) < 4.78 is 0.0957. The predicted molar refractivity (Wildman–Crippen MR) is 95.3 cm³/mol. The van der Waals surface area contributed by atoms with Crippen LogP contribution >= 0.6 is 11.8 Å². The Morgan fingerprint density at radius 3 is 2.48 bits per heavy atom. The molecule has 2 aromatic heterocycles. The first-order chi connectivity index (χ1) is 11.0. The van der Waals surface area contributed by atoms with Gasteiger partial charge in [0.05, 0.1) is 11.3 Å². The molecule has 0 atom stereocenters. The third kappa shape index (κ3) is 3.20. The van der Waals surface area contributed by atoms with Crippen LogP contribution in [0.4, 0.5) is 0 Å². The fourth-order valence-corrected chi connectivity index (χ4v) is 3.52. The average molecular weight is 319 g/mol. The molecule has 0 N–H and O–H groups in total. The van der Waals surface area contributed by atoms with E-state index in [1.807, 2.05) is 42.7 Å². The van der Waals surface area contributed by atoms with Crippen LogP contribution in [0.15, 0.2) is 53.8 Å². The van der Waals surface area contributed by atoms with E-state index in [9.17, 15) is 5.26 Å². The van der Waals surface area contributed by atoms with E-state index in [1.165, 1.54) is 0 Å². The highest BCUT2D eigenvalue weighted by atomic mass is 32.2. The molecule has 0 saturated heterocycles. The largest absolute Gasteiger partial charge is 0.264 e. The summed E-state index contributed by atoms with van der Waals surface area (Å²) >= 11 is 1.80. The molecule has 3 nitrogen and oxygen atoms in total. The topological polar surface area (TPSA) is 49.6 Å². The van der Waals surface area contributed by atoms with Crippen LogP contribution < -0.4 is 0 Å². The van der Waals surface area contributed by atoms with Gasteiger partial charge in [-0.25, -0.2) is 0 Å². The molecule has 0 saturated carbocycles. The van der Waals surface area contributed by atoms with Crippen molar-refractivity contribution in [3.05, 3.63) is 54.5 Å². The van der Waals surface area contributed by atoms with E-state index >= 15 is 0 Å². The molecule has 23 heavy (non-hydrogen) atoms. The molecule has 1 aromatic carbocycles. The van der Waals surface area contributed by atoms with Gasteiger partial charge in [-0.3, -0.25) is 9.97 Å². The van der Waals surface area contributed by atoms with Gasteiger partial charge in [0.15, 0.2) is 0 Å². The maximum absolute atomic E-state index is 9.30. The van der Waals surface area contributed by atoms with Gasteiger partial charge >= 0.3 is 0 Å². The van der Waals surface area contributed by atoms with Crippen LogP contribution in [-0.4, -0.2) is 14.7 Å². The molecule has 3 aromatic rings. The zero-order valence-electron chi connectivity index (χ0n) is 13.4. The Hall–Kier alpha value is -2.38. The number of hydrogen-bond donors (Lipinski definition) is 0. The Balaban J connectivity index is 2.25. The third-order valence-corrected chi connectivity index (χ3v) is 4.56. The molecule has 0 amide bonds. The van der Waals surface area contributed by atoms with Crippen molar-refractivity contribution in [2.75, 3.05) is 0 Å². The predicted octanol–water partition coefficient (Wildman–Crippen LogP) is 5.06. The first-order valence-electron chi connectivity index (χ1n) is 7.41. The van der Waals surface area contributed by atoms with Gasteiger partial charge in [0.2, 0.25) is 0 Å². The number of hydrogen-bond acceptors (Lipinski definition) is 4. The molecule has 0 aliphatic rings. The second-order valence-corrected chi connectivity index (χ2v) is 8.13. The first-order valence-corrected chi connectivity index (χ1v) is 8.22. The Morgan fingerprint density at radius 2 is 1.78 bits per heavy atom. The number of thioether (sulfide) groups is 1. The molecule has 0 unspecified atom stereocenters. The summed E-state index contributed by atoms with van der Waals surface area (Å²) in [6.45, 7) is 6.56. The summed E-state index contributed by atoms with van der Waals surface area (Å²) in [5.74, 6) is 0. The number of benzene rings is 1. The minimum absolute atomic E-state index is 0.0957. The Labute approximate surface area is 140 Å². The van der Waals surface area contributed by atoms with Crippen molar-refractivity contribution < 1.29 is 0 Å². The molecule has 0 fully saturated rings. The SMILES string of the molecule is CC(C)(C)Sc1ccncc1-c1ncc(C#N)c2ccccc12. The molecule has 3 rings (SSSR count). The summed E-state index contributed by atoms with van der Waals surface area (Å²) in [6.07, 6.45) is 5.31. The van der Waals surface area contributed by atoms with Crippen LogP contribution in [0.5, 0.6) is 0 Å². The first kappa shape index (κ1) is 15.5. The van der Waals surface area contributed by atoms with Crippen molar-refractivity contribution in [1.82, 2.24) is 9.97 Å². The Bertz CT molecular complexity index is 904. The molecule has 0 bridgehead atoms. The van der Waals surface area contributed by atoms with Gasteiger partial charge in [0.25, 0.3) is 0 Å². The second kappa shape index (κ2) is 6.02. The van der Waals surface area contributed by atoms with E-state index in [0.717, 1.165) is 26.9 Å². The van der Waals surface area contributed by atoms with Crippen molar-refractivity contribution in [2.45, 2.75) is 30.4 Å². The molecule has 0 aliphatic heterocycles. The lowest BCUT2D eigenvalue weighted by Crippen LogP contribution is -2.07. The zero-order valence-corrected chi connectivity index (χ0v) is 14.2. The van der Waals surface area contributed by atoms with E-state index < -0.39 is 0 Å². The fraction of sp³-hybridized carbons (Fsp3) is 0.211. The van der Waals surface area contributed by atoms with Crippen LogP contribution in [0, 0.1) is 11.3 Å². The molecule has 114 valence electrons. The van der Waals surface area contributed by atoms with Crippen molar-refractivity contribution in [3.63, 3.8) is 0 Å². The normalized spacial score (nSPS) is 11.4. The van der Waals surface area contributed by atoms with Crippen LogP contribution in [0.1, 0.15) is 26.3 Å². The summed E-state index contributed by atoms with van der Waals surface area (Å²) in [4.78, 5) is 9.99. The molecular weight excluding hydrogens is 302 g/mol. The van der Waals surface area contributed by atoms with E-state index in [0.29, 0.717) is 5.56 Å². The average Bonchev–Trinajstić information content (AvgIpc) is 2.53. The number of nitrogens with zero attached hydrogens (tertiary/aromatic N) is 3. The van der Waals surface area contributed by atoms with Gasteiger partial charge in [-0.05, 0) is 6.07 Å². The molecule has 4 heteroatoms. The van der Waals surface area contributed by atoms with Gasteiger partial charge in [-0.15, -0.1) is 11.8 Å². The summed E-state index contributed by atoms with van der Waals surface area (Å²) in [5, 5.41) is 11.2. The summed E-state index contributed by atoms with van der Waals surface area (Å²) in [5.41, 5.74) is 2.48. The molecular formula is C19H17N3S. The number of pyridine rings is 2. The van der Waals surface area contributed by atoms with Crippen LogP contribution in [0.25, 0.3) is 22.0 Å². The quantitative estimate of drug-likeness (QED) is 0.620. The monoisotopic (exact) mass is 319 g/mol. The van der Waals surface area contributed by atoms with Gasteiger partial charge in [0, 0.05) is 44.6 Å². The van der Waals surface area contributed by atoms with Gasteiger partial charge in [0.1, 0.15) is 6.07 Å². The Kier molecular flexibility index (Phi) is 4.06. The van der Waals surface area contributed by atoms with Crippen molar-refractivity contribution in [2.24, 2.45) is 0 Å². The van der Waals surface area contributed by atoms with Crippen LogP contribution in [0.3, 0.4) is 0 Å². The van der Waals surface area contributed by atoms with E-state index in [1.54, 1.807) is 18.0 Å². The van der Waals surface area contributed by atoms with E-state index in [4.69, 9.17) is 0 Å². The highest BCUT2D eigenvalue weighted by Crippen LogP contribution is 2.39. The smallest absolute Gasteiger partial charge is 0.101 e. The molecule has 0 aliphatic carbocycles.